The Morgan fingerprint density at radius 3 is 1.14 bits per heavy atom. The number of aromatic nitrogens is 4. The monoisotopic (exact) mass is 784 g/mol. The number of nitrogens with zero attached hydrogens (tertiary/aromatic N) is 6. The number of hydrogen-bond acceptors (Lipinski definition) is 10. The van der Waals surface area contributed by atoms with Crippen LogP contribution in [0.4, 0.5) is 34.1 Å². The summed E-state index contributed by atoms with van der Waals surface area (Å²) in [5.41, 5.74) is 11.5. The van der Waals surface area contributed by atoms with Gasteiger partial charge in [0.2, 0.25) is 0 Å². The average Bonchev–Trinajstić information content (AvgIpc) is 3.92. The van der Waals surface area contributed by atoms with Crippen molar-refractivity contribution in [2.75, 3.05) is 9.80 Å². The van der Waals surface area contributed by atoms with Gasteiger partial charge in [0.15, 0.2) is 23.0 Å². The molecule has 274 valence electrons. The second-order valence-corrected chi connectivity index (χ2v) is 15.9. The molecule has 0 saturated carbocycles. The molecule has 0 fully saturated rings. The molecule has 0 bridgehead atoms. The lowest BCUT2D eigenvalue weighted by atomic mass is 9.93. The van der Waals surface area contributed by atoms with Gasteiger partial charge >= 0.3 is 0 Å². The zero-order valence-electron chi connectivity index (χ0n) is 30.5. The number of ether oxygens (including phenoxy) is 2. The van der Waals surface area contributed by atoms with E-state index in [0.29, 0.717) is 0 Å². The lowest BCUT2D eigenvalue weighted by molar-refractivity contribution is 0.477. The highest BCUT2D eigenvalue weighted by Crippen LogP contribution is 2.54. The third-order valence-corrected chi connectivity index (χ3v) is 12.5. The van der Waals surface area contributed by atoms with Crippen molar-refractivity contribution in [3.8, 4) is 55.3 Å². The first-order valence-electron chi connectivity index (χ1n) is 18.8. The third kappa shape index (κ3) is 5.27. The normalized spacial score (nSPS) is 12.7. The summed E-state index contributed by atoms with van der Waals surface area (Å²) in [4.78, 5) is 26.1. The fraction of sp³-hybridized carbons (Fsp3) is 0. The van der Waals surface area contributed by atoms with Crippen LogP contribution in [-0.4, -0.2) is 19.9 Å². The summed E-state index contributed by atoms with van der Waals surface area (Å²) in [6, 6.07) is 53.9. The van der Waals surface area contributed by atoms with E-state index in [1.165, 1.54) is 0 Å². The highest BCUT2D eigenvalue weighted by molar-refractivity contribution is 7.21. The summed E-state index contributed by atoms with van der Waals surface area (Å²) in [6.07, 6.45) is 3.65. The van der Waals surface area contributed by atoms with Crippen LogP contribution >= 0.6 is 22.7 Å². The molecule has 58 heavy (non-hydrogen) atoms. The summed E-state index contributed by atoms with van der Waals surface area (Å²) < 4.78 is 12.8. The van der Waals surface area contributed by atoms with Crippen LogP contribution in [-0.2, 0) is 0 Å². The van der Waals surface area contributed by atoms with E-state index in [0.717, 1.165) is 110 Å². The van der Waals surface area contributed by atoms with E-state index in [-0.39, 0.29) is 0 Å². The van der Waals surface area contributed by atoms with Gasteiger partial charge in [-0.15, -0.1) is 0 Å². The van der Waals surface area contributed by atoms with Crippen molar-refractivity contribution in [2.24, 2.45) is 0 Å². The minimum Gasteiger partial charge on any atom is -0.453 e. The summed E-state index contributed by atoms with van der Waals surface area (Å²) in [6.45, 7) is 0. The Morgan fingerprint density at radius 2 is 0.759 bits per heavy atom. The number of pyridine rings is 2. The maximum Gasteiger partial charge on any atom is 0.151 e. The minimum absolute atomic E-state index is 0.796. The van der Waals surface area contributed by atoms with Crippen molar-refractivity contribution >= 4 is 77.5 Å². The van der Waals surface area contributed by atoms with Crippen molar-refractivity contribution in [3.05, 3.63) is 170 Å². The summed E-state index contributed by atoms with van der Waals surface area (Å²) >= 11 is 3.18. The van der Waals surface area contributed by atoms with Gasteiger partial charge in [-0.25, -0.2) is 19.9 Å². The molecule has 12 rings (SSSR count). The zero-order chi connectivity index (χ0) is 38.2. The number of benzene rings is 6. The molecule has 0 N–H and O–H groups in total. The van der Waals surface area contributed by atoms with E-state index in [1.807, 2.05) is 109 Å². The highest BCUT2D eigenvalue weighted by Gasteiger charge is 2.29. The van der Waals surface area contributed by atoms with E-state index in [2.05, 4.69) is 80.4 Å². The number of para-hydroxylation sites is 8. The van der Waals surface area contributed by atoms with Gasteiger partial charge in [0.05, 0.1) is 22.7 Å². The maximum absolute atomic E-state index is 6.39. The standard InChI is InChI=1S/C48H28N6O2S2/c1-5-17-41-37(13-1)53(38-14-2-6-18-42(38)55-41)29-21-23-31(33(27-29)45-51-35-11-9-25-49-47(35)57-45)32-24-22-30(28-34(32)46-52-36-12-10-26-50-48(36)58-46)54-39-15-3-7-19-43(39)56-44-20-8-4-16-40(44)54/h1-28H. The molecular formula is C48H28N6O2S2. The fourth-order valence-corrected chi connectivity index (χ4v) is 9.78. The van der Waals surface area contributed by atoms with Crippen LogP contribution in [0.1, 0.15) is 0 Å². The molecule has 0 saturated heterocycles. The Morgan fingerprint density at radius 1 is 0.379 bits per heavy atom. The molecule has 10 aromatic rings. The largest absolute Gasteiger partial charge is 0.453 e. The minimum atomic E-state index is 0.796. The Balaban J connectivity index is 1.11. The zero-order valence-corrected chi connectivity index (χ0v) is 32.1. The molecule has 0 amide bonds. The van der Waals surface area contributed by atoms with Gasteiger partial charge in [-0.3, -0.25) is 0 Å². The molecule has 2 aliphatic rings. The lowest BCUT2D eigenvalue weighted by Crippen LogP contribution is -2.16. The number of fused-ring (bicyclic) bond motifs is 6. The molecule has 6 heterocycles. The van der Waals surface area contributed by atoms with Crippen LogP contribution in [0.25, 0.3) is 53.0 Å². The first-order valence-corrected chi connectivity index (χ1v) is 20.4. The number of anilines is 6. The van der Waals surface area contributed by atoms with Crippen molar-refractivity contribution in [2.45, 2.75) is 0 Å². The lowest BCUT2D eigenvalue weighted by Gasteiger charge is -2.33. The highest BCUT2D eigenvalue weighted by atomic mass is 32.1. The molecule has 0 atom stereocenters. The van der Waals surface area contributed by atoms with Crippen LogP contribution in [0, 0.1) is 0 Å². The van der Waals surface area contributed by atoms with E-state index >= 15 is 0 Å². The first kappa shape index (κ1) is 32.8. The van der Waals surface area contributed by atoms with Gasteiger partial charge in [-0.1, -0.05) is 83.3 Å². The van der Waals surface area contributed by atoms with Crippen LogP contribution in [0.5, 0.6) is 23.0 Å². The van der Waals surface area contributed by atoms with E-state index in [1.54, 1.807) is 22.7 Å². The van der Waals surface area contributed by atoms with Gasteiger partial charge < -0.3 is 19.3 Å². The quantitative estimate of drug-likeness (QED) is 0.171. The molecule has 0 aliphatic carbocycles. The molecule has 10 heteroatoms. The van der Waals surface area contributed by atoms with Crippen LogP contribution in [0.3, 0.4) is 0 Å². The van der Waals surface area contributed by atoms with Gasteiger partial charge in [0.25, 0.3) is 0 Å². The molecule has 2 aliphatic heterocycles. The van der Waals surface area contributed by atoms with Crippen molar-refractivity contribution in [3.63, 3.8) is 0 Å². The van der Waals surface area contributed by atoms with Crippen LogP contribution in [0.15, 0.2) is 170 Å². The molecule has 0 unspecified atom stereocenters. The number of hydrogen-bond donors (Lipinski definition) is 0. The molecule has 4 aromatic heterocycles. The Labute approximate surface area is 340 Å². The fourth-order valence-electron chi connectivity index (χ4n) is 7.90. The molecule has 0 spiro atoms. The number of thiazole rings is 2. The van der Waals surface area contributed by atoms with Gasteiger partial charge in [-0.05, 0) is 108 Å². The summed E-state index contributed by atoms with van der Waals surface area (Å²) in [5.74, 6) is 3.18. The molecule has 6 aromatic carbocycles. The second kappa shape index (κ2) is 13.1. The summed E-state index contributed by atoms with van der Waals surface area (Å²) in [5, 5.41) is 1.75. The van der Waals surface area contributed by atoms with Gasteiger partial charge in [0.1, 0.15) is 30.7 Å². The van der Waals surface area contributed by atoms with Gasteiger partial charge in [0, 0.05) is 34.9 Å². The maximum atomic E-state index is 6.39. The Kier molecular flexibility index (Phi) is 7.40. The topological polar surface area (TPSA) is 76.5 Å². The SMILES string of the molecule is c1ccc2c(c1)Oc1ccccc1N2c1ccc(-c2ccc(N3c4ccccc4Oc4ccccc43)cc2-c2nc3cccnc3s2)c(-c2nc3cccnc3s2)c1. The summed E-state index contributed by atoms with van der Waals surface area (Å²) in [7, 11) is 0. The van der Waals surface area contributed by atoms with Gasteiger partial charge in [-0.2, -0.15) is 0 Å². The second-order valence-electron chi connectivity index (χ2n) is 13.9. The Hall–Kier alpha value is -7.40. The van der Waals surface area contributed by atoms with Crippen LogP contribution in [0.2, 0.25) is 0 Å². The van der Waals surface area contributed by atoms with Crippen molar-refractivity contribution in [1.82, 2.24) is 19.9 Å². The van der Waals surface area contributed by atoms with E-state index in [9.17, 15) is 0 Å². The average molecular weight is 785 g/mol. The van der Waals surface area contributed by atoms with Crippen molar-refractivity contribution in [1.29, 1.82) is 0 Å². The molecule has 8 nitrogen and oxygen atoms in total. The predicted octanol–water partition coefficient (Wildman–Crippen LogP) is 13.8. The smallest absolute Gasteiger partial charge is 0.151 e. The van der Waals surface area contributed by atoms with Crippen molar-refractivity contribution < 1.29 is 9.47 Å². The predicted molar refractivity (Wildman–Crippen MR) is 234 cm³/mol. The first-order chi connectivity index (χ1) is 28.7. The third-order valence-electron chi connectivity index (χ3n) is 10.5. The number of rotatable bonds is 5. The molecular weight excluding hydrogens is 757 g/mol. The Bertz CT molecular complexity index is 2880. The molecule has 0 radical (unpaired) electrons. The van der Waals surface area contributed by atoms with E-state index < -0.39 is 0 Å². The van der Waals surface area contributed by atoms with Crippen LogP contribution < -0.4 is 19.3 Å². The van der Waals surface area contributed by atoms with E-state index in [4.69, 9.17) is 19.4 Å².